The van der Waals surface area contributed by atoms with Crippen LogP contribution in [0.4, 0.5) is 10.1 Å². The van der Waals surface area contributed by atoms with Crippen LogP contribution in [0.1, 0.15) is 29.3 Å². The van der Waals surface area contributed by atoms with Crippen LogP contribution in [-0.4, -0.2) is 12.6 Å². The maximum absolute atomic E-state index is 14.3. The van der Waals surface area contributed by atoms with Gasteiger partial charge in [-0.2, -0.15) is 0 Å². The Morgan fingerprint density at radius 3 is 3.05 bits per heavy atom. The Morgan fingerprint density at radius 1 is 1.38 bits per heavy atom. The Bertz CT molecular complexity index is 623. The van der Waals surface area contributed by atoms with E-state index in [-0.39, 0.29) is 11.9 Å². The lowest BCUT2D eigenvalue weighted by atomic mass is 10.00. The molecule has 0 amide bonds. The molecule has 2 aromatic rings. The average Bonchev–Trinajstić information content (AvgIpc) is 2.96. The van der Waals surface area contributed by atoms with E-state index in [1.54, 1.807) is 12.1 Å². The van der Waals surface area contributed by atoms with Crippen LogP contribution < -0.4 is 10.6 Å². The second-order valence-corrected chi connectivity index (χ2v) is 6.65. The molecule has 0 fully saturated rings. The molecule has 2 nitrogen and oxygen atoms in total. The van der Waals surface area contributed by atoms with Crippen LogP contribution in [0.25, 0.3) is 0 Å². The zero-order valence-corrected chi connectivity index (χ0v) is 13.1. The smallest absolute Gasteiger partial charge is 0.128 e. The van der Waals surface area contributed by atoms with Gasteiger partial charge in [-0.25, -0.2) is 4.39 Å². The van der Waals surface area contributed by atoms with Crippen LogP contribution in [0.3, 0.4) is 0 Å². The molecule has 21 heavy (non-hydrogen) atoms. The number of hydrogen-bond donors (Lipinski definition) is 1. The largest absolute Gasteiger partial charge is 0.366 e. The Labute approximate surface area is 129 Å². The molecular weight excluding hydrogens is 283 g/mol. The molecule has 2 N–H and O–H groups in total. The van der Waals surface area contributed by atoms with Gasteiger partial charge in [-0.3, -0.25) is 0 Å². The fraction of sp³-hybridized carbons (Fsp3) is 0.412. The third-order valence-electron chi connectivity index (χ3n) is 4.23. The van der Waals surface area contributed by atoms with Crippen LogP contribution in [0, 0.1) is 5.82 Å². The van der Waals surface area contributed by atoms with Crippen LogP contribution in [0.2, 0.25) is 0 Å². The summed E-state index contributed by atoms with van der Waals surface area (Å²) < 4.78 is 14.3. The fourth-order valence-corrected chi connectivity index (χ4v) is 3.80. The van der Waals surface area contributed by atoms with Crippen LogP contribution in [0.5, 0.6) is 0 Å². The molecule has 0 saturated heterocycles. The first-order chi connectivity index (χ1) is 10.2. The van der Waals surface area contributed by atoms with Gasteiger partial charge in [0.1, 0.15) is 5.82 Å². The molecular formula is C17H21FN2S. The summed E-state index contributed by atoms with van der Waals surface area (Å²) in [7, 11) is 0. The van der Waals surface area contributed by atoms with E-state index in [4.69, 9.17) is 5.73 Å². The van der Waals surface area contributed by atoms with Gasteiger partial charge in [0.2, 0.25) is 0 Å². The minimum atomic E-state index is -0.132. The third-order valence-corrected chi connectivity index (χ3v) is 5.26. The standard InChI is InChI=1S/C17H21FN2S/c1-2-13(19)10-14-15(18)4-3-5-16(14)20-8-6-17-12(11-20)7-9-21-17/h3-5,7,9,13H,2,6,8,10-11,19H2,1H3. The molecule has 1 aliphatic heterocycles. The fourth-order valence-electron chi connectivity index (χ4n) is 2.91. The predicted molar refractivity (Wildman–Crippen MR) is 87.4 cm³/mol. The Kier molecular flexibility index (Phi) is 4.27. The summed E-state index contributed by atoms with van der Waals surface area (Å²) in [6, 6.07) is 7.57. The number of anilines is 1. The van der Waals surface area contributed by atoms with Crippen molar-refractivity contribution in [1.29, 1.82) is 0 Å². The van der Waals surface area contributed by atoms with Crippen molar-refractivity contribution in [1.82, 2.24) is 0 Å². The van der Waals surface area contributed by atoms with E-state index in [1.807, 2.05) is 24.3 Å². The highest BCUT2D eigenvalue weighted by Gasteiger charge is 2.21. The zero-order valence-electron chi connectivity index (χ0n) is 12.3. The van der Waals surface area contributed by atoms with Crippen LogP contribution >= 0.6 is 11.3 Å². The lowest BCUT2D eigenvalue weighted by molar-refractivity contribution is 0.575. The minimum absolute atomic E-state index is 0.0159. The van der Waals surface area contributed by atoms with Crippen molar-refractivity contribution in [3.63, 3.8) is 0 Å². The van der Waals surface area contributed by atoms with Gasteiger partial charge in [0.25, 0.3) is 0 Å². The van der Waals surface area contributed by atoms with Gasteiger partial charge in [0, 0.05) is 35.3 Å². The monoisotopic (exact) mass is 304 g/mol. The Morgan fingerprint density at radius 2 is 2.24 bits per heavy atom. The van der Waals surface area contributed by atoms with Gasteiger partial charge in [-0.15, -0.1) is 11.3 Å². The molecule has 1 aromatic carbocycles. The Hall–Kier alpha value is -1.39. The first kappa shape index (κ1) is 14.5. The second-order valence-electron chi connectivity index (χ2n) is 5.65. The zero-order chi connectivity index (χ0) is 14.8. The van der Waals surface area contributed by atoms with Crippen molar-refractivity contribution >= 4 is 17.0 Å². The van der Waals surface area contributed by atoms with Crippen molar-refractivity contribution in [2.24, 2.45) is 5.73 Å². The summed E-state index contributed by atoms with van der Waals surface area (Å²) in [6.45, 7) is 3.87. The van der Waals surface area contributed by atoms with Gasteiger partial charge in [0.05, 0.1) is 0 Å². The van der Waals surface area contributed by atoms with E-state index in [2.05, 4.69) is 16.3 Å². The topological polar surface area (TPSA) is 29.3 Å². The Balaban J connectivity index is 1.90. The highest BCUT2D eigenvalue weighted by molar-refractivity contribution is 7.10. The second kappa shape index (κ2) is 6.16. The van der Waals surface area contributed by atoms with Gasteiger partial charge < -0.3 is 10.6 Å². The molecule has 2 heterocycles. The molecule has 3 rings (SSSR count). The summed E-state index contributed by atoms with van der Waals surface area (Å²) in [5.74, 6) is -0.132. The van der Waals surface area contributed by atoms with Crippen molar-refractivity contribution in [2.45, 2.75) is 38.8 Å². The van der Waals surface area contributed by atoms with E-state index in [0.29, 0.717) is 6.42 Å². The number of nitrogens with zero attached hydrogens (tertiary/aromatic N) is 1. The van der Waals surface area contributed by atoms with Crippen molar-refractivity contribution in [3.05, 3.63) is 51.5 Å². The van der Waals surface area contributed by atoms with Crippen molar-refractivity contribution in [2.75, 3.05) is 11.4 Å². The summed E-state index contributed by atoms with van der Waals surface area (Å²) >= 11 is 1.82. The normalized spacial score (nSPS) is 15.9. The van der Waals surface area contributed by atoms with E-state index in [9.17, 15) is 4.39 Å². The molecule has 0 radical (unpaired) electrons. The van der Waals surface area contributed by atoms with Gasteiger partial charge in [0.15, 0.2) is 0 Å². The summed E-state index contributed by atoms with van der Waals surface area (Å²) in [4.78, 5) is 3.75. The van der Waals surface area contributed by atoms with E-state index in [0.717, 1.165) is 37.2 Å². The number of fused-ring (bicyclic) bond motifs is 1. The quantitative estimate of drug-likeness (QED) is 0.932. The molecule has 1 atom stereocenters. The third kappa shape index (κ3) is 2.97. The molecule has 112 valence electrons. The minimum Gasteiger partial charge on any atom is -0.366 e. The first-order valence-electron chi connectivity index (χ1n) is 7.52. The maximum Gasteiger partial charge on any atom is 0.128 e. The first-order valence-corrected chi connectivity index (χ1v) is 8.40. The molecule has 1 unspecified atom stereocenters. The molecule has 1 aromatic heterocycles. The average molecular weight is 304 g/mol. The molecule has 1 aliphatic rings. The summed E-state index contributed by atoms with van der Waals surface area (Å²) in [5, 5.41) is 2.15. The number of benzene rings is 1. The van der Waals surface area contributed by atoms with E-state index < -0.39 is 0 Å². The highest BCUT2D eigenvalue weighted by atomic mass is 32.1. The number of hydrogen-bond acceptors (Lipinski definition) is 3. The lowest BCUT2D eigenvalue weighted by Crippen LogP contribution is -2.31. The molecule has 4 heteroatoms. The number of thiophene rings is 1. The van der Waals surface area contributed by atoms with Crippen LogP contribution in [0.15, 0.2) is 29.6 Å². The lowest BCUT2D eigenvalue weighted by Gasteiger charge is -2.31. The van der Waals surface area contributed by atoms with Crippen molar-refractivity contribution in [3.8, 4) is 0 Å². The maximum atomic E-state index is 14.3. The molecule has 0 bridgehead atoms. The number of halogens is 1. The van der Waals surface area contributed by atoms with E-state index in [1.165, 1.54) is 10.4 Å². The summed E-state index contributed by atoms with van der Waals surface area (Å²) in [5.41, 5.74) is 9.20. The number of rotatable bonds is 4. The SMILES string of the molecule is CCC(N)Cc1c(F)cccc1N1CCc2sccc2C1. The van der Waals surface area contributed by atoms with Crippen LogP contribution in [-0.2, 0) is 19.4 Å². The van der Waals surface area contributed by atoms with Gasteiger partial charge in [-0.1, -0.05) is 13.0 Å². The molecule has 0 aliphatic carbocycles. The number of nitrogens with two attached hydrogens (primary N) is 1. The highest BCUT2D eigenvalue weighted by Crippen LogP contribution is 2.31. The van der Waals surface area contributed by atoms with Gasteiger partial charge >= 0.3 is 0 Å². The molecule has 0 saturated carbocycles. The summed E-state index contributed by atoms with van der Waals surface area (Å²) in [6.07, 6.45) is 2.51. The van der Waals surface area contributed by atoms with Gasteiger partial charge in [-0.05, 0) is 48.4 Å². The van der Waals surface area contributed by atoms with E-state index >= 15 is 0 Å². The van der Waals surface area contributed by atoms with Crippen molar-refractivity contribution < 1.29 is 4.39 Å². The molecule has 0 spiro atoms. The predicted octanol–water partition coefficient (Wildman–Crippen LogP) is 3.73.